The molecule has 1 aromatic rings. The van der Waals surface area contributed by atoms with Crippen molar-refractivity contribution < 1.29 is 5.11 Å². The van der Waals surface area contributed by atoms with Crippen LogP contribution in [0.3, 0.4) is 0 Å². The lowest BCUT2D eigenvalue weighted by atomic mass is 9.98. The molecule has 0 amide bonds. The number of piperidine rings is 2. The van der Waals surface area contributed by atoms with Gasteiger partial charge in [0, 0.05) is 44.5 Å². The predicted molar refractivity (Wildman–Crippen MR) is 95.5 cm³/mol. The summed E-state index contributed by atoms with van der Waals surface area (Å²) < 4.78 is 0. The van der Waals surface area contributed by atoms with Crippen LogP contribution in [0.2, 0.25) is 0 Å². The largest absolute Gasteiger partial charge is 0.393 e. The van der Waals surface area contributed by atoms with Crippen molar-refractivity contribution in [2.24, 2.45) is 0 Å². The third kappa shape index (κ3) is 3.22. The first kappa shape index (κ1) is 16.1. The Morgan fingerprint density at radius 1 is 1.04 bits per heavy atom. The van der Waals surface area contributed by atoms with Crippen molar-refractivity contribution in [3.8, 4) is 0 Å². The molecule has 3 aliphatic rings. The van der Waals surface area contributed by atoms with Gasteiger partial charge in [0.15, 0.2) is 0 Å². The number of rotatable bonds is 3. The van der Waals surface area contributed by atoms with E-state index < -0.39 is 0 Å². The Hall–Kier alpha value is -1.40. The summed E-state index contributed by atoms with van der Waals surface area (Å²) in [7, 11) is 0. The summed E-state index contributed by atoms with van der Waals surface area (Å²) in [5, 5.41) is 9.67. The molecule has 0 bridgehead atoms. The zero-order valence-electron chi connectivity index (χ0n) is 14.6. The zero-order chi connectivity index (χ0) is 16.5. The molecule has 6 nitrogen and oxygen atoms in total. The van der Waals surface area contributed by atoms with Crippen molar-refractivity contribution in [3.05, 3.63) is 12.3 Å². The highest BCUT2D eigenvalue weighted by molar-refractivity contribution is 5.45. The minimum Gasteiger partial charge on any atom is -0.393 e. The van der Waals surface area contributed by atoms with E-state index in [1.54, 1.807) is 0 Å². The SMILES string of the molecule is CC1CCCCN1C1CN(c2nccc(N3CCC(O)CC3)n2)C1. The van der Waals surface area contributed by atoms with Gasteiger partial charge in [0.05, 0.1) is 6.10 Å². The molecule has 0 radical (unpaired) electrons. The lowest BCUT2D eigenvalue weighted by Gasteiger charge is -2.49. The summed E-state index contributed by atoms with van der Waals surface area (Å²) in [6, 6.07) is 3.38. The summed E-state index contributed by atoms with van der Waals surface area (Å²) in [6.07, 6.45) is 7.45. The van der Waals surface area contributed by atoms with Gasteiger partial charge in [0.1, 0.15) is 5.82 Å². The van der Waals surface area contributed by atoms with Crippen molar-refractivity contribution in [2.75, 3.05) is 42.5 Å². The molecule has 4 rings (SSSR count). The monoisotopic (exact) mass is 331 g/mol. The second-order valence-electron chi connectivity index (χ2n) is 7.57. The van der Waals surface area contributed by atoms with E-state index in [4.69, 9.17) is 4.98 Å². The molecule has 0 saturated carbocycles. The van der Waals surface area contributed by atoms with Gasteiger partial charge in [-0.3, -0.25) is 4.90 Å². The van der Waals surface area contributed by atoms with Gasteiger partial charge in [0.25, 0.3) is 0 Å². The van der Waals surface area contributed by atoms with E-state index in [1.807, 2.05) is 12.3 Å². The van der Waals surface area contributed by atoms with Crippen LogP contribution >= 0.6 is 0 Å². The molecule has 24 heavy (non-hydrogen) atoms. The van der Waals surface area contributed by atoms with Crippen LogP contribution in [0.4, 0.5) is 11.8 Å². The Balaban J connectivity index is 1.37. The van der Waals surface area contributed by atoms with E-state index in [0.717, 1.165) is 56.8 Å². The van der Waals surface area contributed by atoms with Crippen LogP contribution in [0.15, 0.2) is 12.3 Å². The van der Waals surface area contributed by atoms with E-state index in [1.165, 1.54) is 25.8 Å². The molecule has 1 N–H and O–H groups in total. The predicted octanol–water partition coefficient (Wildman–Crippen LogP) is 1.50. The summed E-state index contributed by atoms with van der Waals surface area (Å²) in [4.78, 5) is 16.5. The highest BCUT2D eigenvalue weighted by Gasteiger charge is 2.36. The molecular formula is C18H29N5O. The third-order valence-corrected chi connectivity index (χ3v) is 5.89. The summed E-state index contributed by atoms with van der Waals surface area (Å²) in [5.41, 5.74) is 0. The molecule has 1 atom stereocenters. The number of hydrogen-bond acceptors (Lipinski definition) is 6. The first-order valence-corrected chi connectivity index (χ1v) is 9.47. The Labute approximate surface area is 144 Å². The van der Waals surface area contributed by atoms with Gasteiger partial charge in [-0.15, -0.1) is 0 Å². The maximum Gasteiger partial charge on any atom is 0.227 e. The Kier molecular flexibility index (Phi) is 4.59. The fraction of sp³-hybridized carbons (Fsp3) is 0.778. The highest BCUT2D eigenvalue weighted by Crippen LogP contribution is 2.27. The fourth-order valence-electron chi connectivity index (χ4n) is 4.25. The van der Waals surface area contributed by atoms with Crippen LogP contribution in [0.1, 0.15) is 39.0 Å². The molecule has 4 heterocycles. The summed E-state index contributed by atoms with van der Waals surface area (Å²) >= 11 is 0. The molecule has 132 valence electrons. The van der Waals surface area contributed by atoms with Crippen molar-refractivity contribution in [3.63, 3.8) is 0 Å². The van der Waals surface area contributed by atoms with Gasteiger partial charge in [-0.2, -0.15) is 4.98 Å². The van der Waals surface area contributed by atoms with Crippen molar-refractivity contribution in [1.29, 1.82) is 0 Å². The van der Waals surface area contributed by atoms with Crippen LogP contribution < -0.4 is 9.80 Å². The van der Waals surface area contributed by atoms with Gasteiger partial charge in [0.2, 0.25) is 5.95 Å². The second-order valence-corrected chi connectivity index (χ2v) is 7.57. The Morgan fingerprint density at radius 2 is 1.83 bits per heavy atom. The minimum absolute atomic E-state index is 0.148. The molecule has 1 unspecified atom stereocenters. The van der Waals surface area contributed by atoms with E-state index in [-0.39, 0.29) is 6.10 Å². The van der Waals surface area contributed by atoms with Crippen LogP contribution in [0.25, 0.3) is 0 Å². The van der Waals surface area contributed by atoms with Gasteiger partial charge < -0.3 is 14.9 Å². The van der Waals surface area contributed by atoms with Gasteiger partial charge in [-0.1, -0.05) is 6.42 Å². The smallest absolute Gasteiger partial charge is 0.227 e. The molecular weight excluding hydrogens is 302 g/mol. The summed E-state index contributed by atoms with van der Waals surface area (Å²) in [6.45, 7) is 7.47. The van der Waals surface area contributed by atoms with Crippen molar-refractivity contribution in [2.45, 2.75) is 57.2 Å². The first-order valence-electron chi connectivity index (χ1n) is 9.47. The number of nitrogens with zero attached hydrogens (tertiary/aromatic N) is 5. The van der Waals surface area contributed by atoms with Crippen LogP contribution in [0, 0.1) is 0 Å². The maximum absolute atomic E-state index is 9.67. The molecule has 3 aliphatic heterocycles. The molecule has 0 spiro atoms. The first-order chi connectivity index (χ1) is 11.7. The average Bonchev–Trinajstić information content (AvgIpc) is 2.56. The topological polar surface area (TPSA) is 55.7 Å². The van der Waals surface area contributed by atoms with E-state index in [0.29, 0.717) is 6.04 Å². The normalized spacial score (nSPS) is 27.3. The van der Waals surface area contributed by atoms with E-state index in [2.05, 4.69) is 26.6 Å². The van der Waals surface area contributed by atoms with Crippen LogP contribution in [0.5, 0.6) is 0 Å². The van der Waals surface area contributed by atoms with Crippen molar-refractivity contribution >= 4 is 11.8 Å². The number of aliphatic hydroxyl groups is 1. The lowest BCUT2D eigenvalue weighted by molar-refractivity contribution is 0.0869. The number of aliphatic hydroxyl groups excluding tert-OH is 1. The van der Waals surface area contributed by atoms with Crippen LogP contribution in [-0.2, 0) is 0 Å². The molecule has 0 aromatic carbocycles. The number of likely N-dealkylation sites (tertiary alicyclic amines) is 1. The Morgan fingerprint density at radius 3 is 2.58 bits per heavy atom. The molecule has 3 fully saturated rings. The van der Waals surface area contributed by atoms with Gasteiger partial charge >= 0.3 is 0 Å². The standard InChI is InChI=1S/C18H29N5O/c1-14-4-2-3-9-23(14)15-12-22(13-15)18-19-8-5-17(20-18)21-10-6-16(24)7-11-21/h5,8,14-16,24H,2-4,6-7,9-13H2,1H3. The third-order valence-electron chi connectivity index (χ3n) is 5.89. The lowest BCUT2D eigenvalue weighted by Crippen LogP contribution is -2.62. The highest BCUT2D eigenvalue weighted by atomic mass is 16.3. The van der Waals surface area contributed by atoms with Crippen molar-refractivity contribution in [1.82, 2.24) is 14.9 Å². The minimum atomic E-state index is -0.148. The maximum atomic E-state index is 9.67. The second kappa shape index (κ2) is 6.84. The average molecular weight is 331 g/mol. The van der Waals surface area contributed by atoms with E-state index >= 15 is 0 Å². The number of anilines is 2. The zero-order valence-corrected chi connectivity index (χ0v) is 14.6. The molecule has 6 heteroatoms. The summed E-state index contributed by atoms with van der Waals surface area (Å²) in [5.74, 6) is 1.86. The molecule has 1 aromatic heterocycles. The van der Waals surface area contributed by atoms with Crippen LogP contribution in [-0.4, -0.2) is 70.9 Å². The molecule has 3 saturated heterocycles. The number of aromatic nitrogens is 2. The number of hydrogen-bond donors (Lipinski definition) is 1. The molecule has 0 aliphatic carbocycles. The van der Waals surface area contributed by atoms with Gasteiger partial charge in [-0.25, -0.2) is 4.98 Å². The van der Waals surface area contributed by atoms with E-state index in [9.17, 15) is 5.11 Å². The Bertz CT molecular complexity index is 554. The van der Waals surface area contributed by atoms with Gasteiger partial charge in [-0.05, 0) is 45.2 Å². The quantitative estimate of drug-likeness (QED) is 0.906. The fourth-order valence-corrected chi connectivity index (χ4v) is 4.25.